The van der Waals surface area contributed by atoms with Crippen LogP contribution in [0.1, 0.15) is 10.5 Å². The zero-order valence-electron chi connectivity index (χ0n) is 9.94. The number of anilines is 1. The van der Waals surface area contributed by atoms with Crippen molar-refractivity contribution in [2.24, 2.45) is 0 Å². The van der Waals surface area contributed by atoms with Crippen molar-refractivity contribution in [2.75, 3.05) is 38.1 Å². The van der Waals surface area contributed by atoms with Crippen molar-refractivity contribution < 1.29 is 9.90 Å². The lowest BCUT2D eigenvalue weighted by atomic mass is 10.3. The van der Waals surface area contributed by atoms with Crippen molar-refractivity contribution in [1.29, 1.82) is 0 Å². The molecular formula is C10H16Cl2N4O2. The molecule has 2 rings (SSSR count). The minimum atomic E-state index is -1.04. The largest absolute Gasteiger partial charge is 0.476 e. The molecule has 1 aromatic heterocycles. The Kier molecular flexibility index (Phi) is 6.90. The van der Waals surface area contributed by atoms with Gasteiger partial charge >= 0.3 is 5.97 Å². The summed E-state index contributed by atoms with van der Waals surface area (Å²) in [4.78, 5) is 22.9. The van der Waals surface area contributed by atoms with E-state index in [1.807, 2.05) is 0 Å². The maximum atomic E-state index is 10.6. The molecule has 1 N–H and O–H groups in total. The maximum absolute atomic E-state index is 10.6. The van der Waals surface area contributed by atoms with Gasteiger partial charge in [-0.3, -0.25) is 0 Å². The number of hydrogen-bond acceptors (Lipinski definition) is 5. The molecule has 6 nitrogen and oxygen atoms in total. The third-order valence-electron chi connectivity index (χ3n) is 2.68. The molecule has 0 atom stereocenters. The van der Waals surface area contributed by atoms with E-state index in [1.165, 1.54) is 12.4 Å². The number of carboxylic acids is 1. The Morgan fingerprint density at radius 3 is 2.22 bits per heavy atom. The predicted molar refractivity (Wildman–Crippen MR) is 73.2 cm³/mol. The monoisotopic (exact) mass is 294 g/mol. The molecule has 0 aliphatic carbocycles. The molecule has 0 spiro atoms. The fraction of sp³-hybridized carbons (Fsp3) is 0.500. The van der Waals surface area contributed by atoms with E-state index in [-0.39, 0.29) is 30.5 Å². The molecule has 0 radical (unpaired) electrons. The first-order valence-corrected chi connectivity index (χ1v) is 5.15. The molecule has 1 aliphatic rings. The van der Waals surface area contributed by atoms with Crippen LogP contribution in [-0.2, 0) is 0 Å². The summed E-state index contributed by atoms with van der Waals surface area (Å²) in [6.07, 6.45) is 2.82. The van der Waals surface area contributed by atoms with Crippen molar-refractivity contribution in [1.82, 2.24) is 14.9 Å². The number of hydrogen-bond donors (Lipinski definition) is 1. The van der Waals surface area contributed by atoms with E-state index in [9.17, 15) is 4.79 Å². The second kappa shape index (κ2) is 7.35. The Balaban J connectivity index is 0.00000144. The van der Waals surface area contributed by atoms with Gasteiger partial charge in [-0.15, -0.1) is 24.8 Å². The molecule has 0 bridgehead atoms. The van der Waals surface area contributed by atoms with Crippen molar-refractivity contribution >= 4 is 36.6 Å². The number of carboxylic acid groups (broad SMARTS) is 1. The van der Waals surface area contributed by atoms with Crippen LogP contribution in [-0.4, -0.2) is 59.2 Å². The number of rotatable bonds is 2. The zero-order chi connectivity index (χ0) is 11.5. The fourth-order valence-electron chi connectivity index (χ4n) is 1.63. The minimum Gasteiger partial charge on any atom is -0.476 e. The van der Waals surface area contributed by atoms with Crippen molar-refractivity contribution in [3.63, 3.8) is 0 Å². The number of piperazine rings is 1. The van der Waals surface area contributed by atoms with Crippen molar-refractivity contribution in [2.45, 2.75) is 0 Å². The van der Waals surface area contributed by atoms with Crippen LogP contribution in [0.3, 0.4) is 0 Å². The quantitative estimate of drug-likeness (QED) is 0.869. The highest BCUT2D eigenvalue weighted by Gasteiger charge is 2.16. The summed E-state index contributed by atoms with van der Waals surface area (Å²) in [5.41, 5.74) is -0.0159. The second-order valence-electron chi connectivity index (χ2n) is 3.86. The number of likely N-dealkylation sites (N-methyl/N-ethyl adjacent to an activating group) is 1. The summed E-state index contributed by atoms with van der Waals surface area (Å²) in [6.45, 7) is 3.78. The molecule has 1 saturated heterocycles. The summed E-state index contributed by atoms with van der Waals surface area (Å²) in [6, 6.07) is 0. The molecule has 1 aliphatic heterocycles. The smallest absolute Gasteiger partial charge is 0.356 e. The highest BCUT2D eigenvalue weighted by atomic mass is 35.5. The first-order chi connectivity index (χ1) is 7.66. The van der Waals surface area contributed by atoms with Crippen molar-refractivity contribution in [3.05, 3.63) is 18.1 Å². The van der Waals surface area contributed by atoms with Gasteiger partial charge in [0.05, 0.1) is 12.4 Å². The van der Waals surface area contributed by atoms with E-state index in [1.54, 1.807) is 0 Å². The molecule has 0 aromatic carbocycles. The standard InChI is InChI=1S/C10H14N4O2.2ClH/c1-13-2-4-14(5-3-13)9-7-11-8(6-12-9)10(15)16;;/h6-7H,2-5H2,1H3,(H,15,16);2*1H. The summed E-state index contributed by atoms with van der Waals surface area (Å²) in [5.74, 6) is -0.296. The van der Waals surface area contributed by atoms with Gasteiger partial charge in [0.2, 0.25) is 0 Å². The molecule has 1 fully saturated rings. The molecule has 0 amide bonds. The number of aromatic nitrogens is 2. The highest BCUT2D eigenvalue weighted by Crippen LogP contribution is 2.11. The van der Waals surface area contributed by atoms with Crippen LogP contribution in [0.4, 0.5) is 5.82 Å². The lowest BCUT2D eigenvalue weighted by Gasteiger charge is -2.32. The normalized spacial score (nSPS) is 15.5. The van der Waals surface area contributed by atoms with Gasteiger partial charge in [-0.2, -0.15) is 0 Å². The maximum Gasteiger partial charge on any atom is 0.356 e. The van der Waals surface area contributed by atoms with Crippen LogP contribution in [0.2, 0.25) is 0 Å². The Bertz CT molecular complexity index is 380. The van der Waals surface area contributed by atoms with Gasteiger partial charge in [0.1, 0.15) is 5.82 Å². The van der Waals surface area contributed by atoms with Crippen LogP contribution in [0.5, 0.6) is 0 Å². The predicted octanol–water partition coefficient (Wildman–Crippen LogP) is 0.770. The third kappa shape index (κ3) is 3.97. The number of carbonyl (C=O) groups is 1. The van der Waals surface area contributed by atoms with Gasteiger partial charge in [0.15, 0.2) is 5.69 Å². The third-order valence-corrected chi connectivity index (χ3v) is 2.68. The highest BCUT2D eigenvalue weighted by molar-refractivity contribution is 5.85. The number of aromatic carboxylic acids is 1. The minimum absolute atomic E-state index is 0. The first kappa shape index (κ1) is 16.9. The van der Waals surface area contributed by atoms with Crippen LogP contribution in [0.15, 0.2) is 12.4 Å². The van der Waals surface area contributed by atoms with Crippen LogP contribution in [0.25, 0.3) is 0 Å². The molecule has 102 valence electrons. The van der Waals surface area contributed by atoms with Gasteiger partial charge in [-0.1, -0.05) is 0 Å². The lowest BCUT2D eigenvalue weighted by Crippen LogP contribution is -2.44. The van der Waals surface area contributed by atoms with Crippen LogP contribution >= 0.6 is 24.8 Å². The summed E-state index contributed by atoms with van der Waals surface area (Å²) >= 11 is 0. The lowest BCUT2D eigenvalue weighted by molar-refractivity contribution is 0.0690. The zero-order valence-corrected chi connectivity index (χ0v) is 11.6. The van der Waals surface area contributed by atoms with Gasteiger partial charge < -0.3 is 14.9 Å². The molecule has 8 heteroatoms. The van der Waals surface area contributed by atoms with E-state index in [0.29, 0.717) is 0 Å². The number of halogens is 2. The molecular weight excluding hydrogens is 279 g/mol. The SMILES string of the molecule is CN1CCN(c2cnc(C(=O)O)cn2)CC1.Cl.Cl. The van der Waals surface area contributed by atoms with E-state index in [2.05, 4.69) is 26.8 Å². The van der Waals surface area contributed by atoms with E-state index in [0.717, 1.165) is 32.0 Å². The average Bonchev–Trinajstić information content (AvgIpc) is 2.30. The van der Waals surface area contributed by atoms with Gasteiger partial charge in [-0.05, 0) is 7.05 Å². The van der Waals surface area contributed by atoms with Gasteiger partial charge in [0.25, 0.3) is 0 Å². The Labute approximate surface area is 118 Å². The topological polar surface area (TPSA) is 69.6 Å². The average molecular weight is 295 g/mol. The summed E-state index contributed by atoms with van der Waals surface area (Å²) in [7, 11) is 2.08. The molecule has 18 heavy (non-hydrogen) atoms. The first-order valence-electron chi connectivity index (χ1n) is 5.15. The fourth-order valence-corrected chi connectivity index (χ4v) is 1.63. The van der Waals surface area contributed by atoms with Gasteiger partial charge in [0, 0.05) is 26.2 Å². The Morgan fingerprint density at radius 2 is 1.78 bits per heavy atom. The Morgan fingerprint density at radius 1 is 1.17 bits per heavy atom. The van der Waals surface area contributed by atoms with Gasteiger partial charge in [-0.25, -0.2) is 14.8 Å². The van der Waals surface area contributed by atoms with Crippen LogP contribution in [0, 0.1) is 0 Å². The molecule has 0 unspecified atom stereocenters. The number of nitrogens with zero attached hydrogens (tertiary/aromatic N) is 4. The van der Waals surface area contributed by atoms with Crippen LogP contribution < -0.4 is 4.90 Å². The summed E-state index contributed by atoms with van der Waals surface area (Å²) in [5, 5.41) is 8.70. The molecule has 2 heterocycles. The second-order valence-corrected chi connectivity index (χ2v) is 3.86. The Hall–Kier alpha value is -1.11. The van der Waals surface area contributed by atoms with E-state index in [4.69, 9.17) is 5.11 Å². The van der Waals surface area contributed by atoms with E-state index < -0.39 is 5.97 Å². The summed E-state index contributed by atoms with van der Waals surface area (Å²) < 4.78 is 0. The molecule has 0 saturated carbocycles. The molecule has 1 aromatic rings. The van der Waals surface area contributed by atoms with E-state index >= 15 is 0 Å². The van der Waals surface area contributed by atoms with Crippen molar-refractivity contribution in [3.8, 4) is 0 Å².